The fourth-order valence-electron chi connectivity index (χ4n) is 2.35. The van der Waals surface area contributed by atoms with Gasteiger partial charge in [-0.3, -0.25) is 0 Å². The van der Waals surface area contributed by atoms with Crippen molar-refractivity contribution in [3.63, 3.8) is 0 Å². The molecule has 0 bridgehead atoms. The molecule has 0 spiro atoms. The number of urea groups is 1. The summed E-state index contributed by atoms with van der Waals surface area (Å²) < 4.78 is 0. The van der Waals surface area contributed by atoms with Gasteiger partial charge in [0.2, 0.25) is 0 Å². The molecule has 2 amide bonds. The molecule has 0 heterocycles. The molecular weight excluding hydrogens is 216 g/mol. The molecule has 4 nitrogen and oxygen atoms in total. The highest BCUT2D eigenvalue weighted by molar-refractivity contribution is 5.74. The number of rotatable bonds is 5. The first-order valence-corrected chi connectivity index (χ1v) is 6.81. The zero-order valence-electron chi connectivity index (χ0n) is 11.0. The fourth-order valence-corrected chi connectivity index (χ4v) is 2.35. The van der Waals surface area contributed by atoms with E-state index in [0.717, 1.165) is 12.8 Å². The van der Waals surface area contributed by atoms with E-state index in [1.807, 2.05) is 0 Å². The molecule has 0 aromatic carbocycles. The number of aliphatic hydroxyl groups excluding tert-OH is 1. The molecule has 0 aromatic heterocycles. The van der Waals surface area contributed by atoms with Gasteiger partial charge in [-0.05, 0) is 25.2 Å². The minimum absolute atomic E-state index is 0.0589. The van der Waals surface area contributed by atoms with Crippen LogP contribution in [0.4, 0.5) is 4.79 Å². The van der Waals surface area contributed by atoms with Crippen molar-refractivity contribution in [1.82, 2.24) is 10.6 Å². The molecule has 1 fully saturated rings. The van der Waals surface area contributed by atoms with Gasteiger partial charge in [0, 0.05) is 18.7 Å². The Morgan fingerprint density at radius 1 is 1.29 bits per heavy atom. The number of nitrogens with one attached hydrogen (secondary N) is 2. The minimum atomic E-state index is -0.0796. The van der Waals surface area contributed by atoms with E-state index in [0.29, 0.717) is 18.4 Å². The number of carbonyl (C=O) groups is 1. The van der Waals surface area contributed by atoms with Gasteiger partial charge in [0.15, 0.2) is 0 Å². The molecule has 1 rings (SSSR count). The Balaban J connectivity index is 2.30. The Bertz CT molecular complexity index is 225. The number of amides is 2. The van der Waals surface area contributed by atoms with E-state index >= 15 is 0 Å². The third-order valence-corrected chi connectivity index (χ3v) is 3.50. The number of carbonyl (C=O) groups excluding carboxylic acids is 1. The van der Waals surface area contributed by atoms with Gasteiger partial charge in [-0.1, -0.05) is 33.1 Å². The van der Waals surface area contributed by atoms with Gasteiger partial charge in [-0.2, -0.15) is 0 Å². The topological polar surface area (TPSA) is 61.4 Å². The summed E-state index contributed by atoms with van der Waals surface area (Å²) in [5.41, 5.74) is 0. The average Bonchev–Trinajstić information content (AvgIpc) is 2.29. The van der Waals surface area contributed by atoms with Crippen LogP contribution < -0.4 is 10.6 Å². The quantitative estimate of drug-likeness (QED) is 0.690. The molecule has 1 atom stereocenters. The lowest BCUT2D eigenvalue weighted by molar-refractivity contribution is 0.213. The molecule has 1 aliphatic rings. The van der Waals surface area contributed by atoms with Crippen molar-refractivity contribution in [3.05, 3.63) is 0 Å². The largest absolute Gasteiger partial charge is 0.396 e. The summed E-state index contributed by atoms with van der Waals surface area (Å²) in [5.74, 6) is 0.347. The van der Waals surface area contributed by atoms with Crippen LogP contribution in [-0.2, 0) is 0 Å². The van der Waals surface area contributed by atoms with Crippen LogP contribution in [0.25, 0.3) is 0 Å². The van der Waals surface area contributed by atoms with Crippen molar-refractivity contribution < 1.29 is 9.90 Å². The van der Waals surface area contributed by atoms with Crippen LogP contribution in [0.2, 0.25) is 0 Å². The molecule has 0 aromatic rings. The first-order chi connectivity index (χ1) is 8.13. The normalized spacial score (nSPS) is 19.1. The van der Waals surface area contributed by atoms with Gasteiger partial charge in [0.05, 0.1) is 0 Å². The summed E-state index contributed by atoms with van der Waals surface area (Å²) in [6.07, 6.45) is 6.54. The lowest BCUT2D eigenvalue weighted by Gasteiger charge is -2.26. The summed E-state index contributed by atoms with van der Waals surface area (Å²) in [4.78, 5) is 11.8. The summed E-state index contributed by atoms with van der Waals surface area (Å²) in [6.45, 7) is 4.23. The van der Waals surface area contributed by atoms with Gasteiger partial charge in [-0.25, -0.2) is 4.79 Å². The van der Waals surface area contributed by atoms with Gasteiger partial charge in [-0.15, -0.1) is 0 Å². The van der Waals surface area contributed by atoms with Crippen molar-refractivity contribution in [2.75, 3.05) is 6.61 Å². The molecular formula is C13H26N2O2. The van der Waals surface area contributed by atoms with E-state index in [-0.39, 0.29) is 18.7 Å². The Kier molecular flexibility index (Phi) is 6.34. The molecule has 1 saturated carbocycles. The molecule has 1 aliphatic carbocycles. The SMILES string of the molecule is CC(C)C(CCO)NC(=O)NC1CCCCC1. The van der Waals surface area contributed by atoms with Crippen LogP contribution in [0, 0.1) is 5.92 Å². The van der Waals surface area contributed by atoms with Gasteiger partial charge in [0.1, 0.15) is 0 Å². The van der Waals surface area contributed by atoms with Crippen LogP contribution >= 0.6 is 0 Å². The molecule has 1 unspecified atom stereocenters. The lowest BCUT2D eigenvalue weighted by atomic mass is 9.95. The first-order valence-electron chi connectivity index (χ1n) is 6.81. The fraction of sp³-hybridized carbons (Fsp3) is 0.923. The van der Waals surface area contributed by atoms with Crippen molar-refractivity contribution in [1.29, 1.82) is 0 Å². The predicted octanol–water partition coefficient (Wildman–Crippen LogP) is 2.03. The van der Waals surface area contributed by atoms with Crippen LogP contribution in [0.3, 0.4) is 0 Å². The monoisotopic (exact) mass is 242 g/mol. The minimum Gasteiger partial charge on any atom is -0.396 e. The molecule has 17 heavy (non-hydrogen) atoms. The summed E-state index contributed by atoms with van der Waals surface area (Å²) in [7, 11) is 0. The molecule has 3 N–H and O–H groups in total. The second-order valence-electron chi connectivity index (χ2n) is 5.32. The highest BCUT2D eigenvalue weighted by Crippen LogP contribution is 2.17. The highest BCUT2D eigenvalue weighted by atomic mass is 16.3. The van der Waals surface area contributed by atoms with Crippen molar-refractivity contribution in [2.45, 2.75) is 64.5 Å². The average molecular weight is 242 g/mol. The van der Waals surface area contributed by atoms with Gasteiger partial charge >= 0.3 is 6.03 Å². The van der Waals surface area contributed by atoms with Gasteiger partial charge < -0.3 is 15.7 Å². The van der Waals surface area contributed by atoms with E-state index in [4.69, 9.17) is 5.11 Å². The number of hydrogen-bond donors (Lipinski definition) is 3. The maximum Gasteiger partial charge on any atom is 0.315 e. The van der Waals surface area contributed by atoms with E-state index in [2.05, 4.69) is 24.5 Å². The highest BCUT2D eigenvalue weighted by Gasteiger charge is 2.19. The second-order valence-corrected chi connectivity index (χ2v) is 5.32. The third-order valence-electron chi connectivity index (χ3n) is 3.50. The third kappa shape index (κ3) is 5.39. The second kappa shape index (κ2) is 7.54. The lowest BCUT2D eigenvalue weighted by Crippen LogP contribution is -2.48. The summed E-state index contributed by atoms with van der Waals surface area (Å²) >= 11 is 0. The van der Waals surface area contributed by atoms with Gasteiger partial charge in [0.25, 0.3) is 0 Å². The van der Waals surface area contributed by atoms with Crippen LogP contribution in [-0.4, -0.2) is 29.8 Å². The maximum atomic E-state index is 11.8. The molecule has 0 saturated heterocycles. The number of hydrogen-bond acceptors (Lipinski definition) is 2. The smallest absolute Gasteiger partial charge is 0.315 e. The van der Waals surface area contributed by atoms with Crippen LogP contribution in [0.15, 0.2) is 0 Å². The van der Waals surface area contributed by atoms with Crippen molar-refractivity contribution in [3.8, 4) is 0 Å². The predicted molar refractivity (Wildman–Crippen MR) is 68.9 cm³/mol. The Morgan fingerprint density at radius 3 is 2.47 bits per heavy atom. The molecule has 100 valence electrons. The van der Waals surface area contributed by atoms with E-state index in [1.54, 1.807) is 0 Å². The summed E-state index contributed by atoms with van der Waals surface area (Å²) in [5, 5.41) is 14.9. The molecule has 0 radical (unpaired) electrons. The Labute approximate surface area is 104 Å². The maximum absolute atomic E-state index is 11.8. The first kappa shape index (κ1) is 14.3. The summed E-state index contributed by atoms with van der Waals surface area (Å²) in [6, 6.07) is 0.318. The zero-order valence-corrected chi connectivity index (χ0v) is 11.0. The van der Waals surface area contributed by atoms with Crippen LogP contribution in [0.5, 0.6) is 0 Å². The molecule has 0 aliphatic heterocycles. The van der Waals surface area contributed by atoms with E-state index in [1.165, 1.54) is 19.3 Å². The molecule has 4 heteroatoms. The number of aliphatic hydroxyl groups is 1. The van der Waals surface area contributed by atoms with E-state index in [9.17, 15) is 4.79 Å². The van der Waals surface area contributed by atoms with Crippen LogP contribution in [0.1, 0.15) is 52.4 Å². The Hall–Kier alpha value is -0.770. The van der Waals surface area contributed by atoms with Crippen molar-refractivity contribution >= 4 is 6.03 Å². The zero-order chi connectivity index (χ0) is 12.7. The van der Waals surface area contributed by atoms with Crippen molar-refractivity contribution in [2.24, 2.45) is 5.92 Å². The standard InChI is InChI=1S/C13H26N2O2/c1-10(2)12(8-9-16)15-13(17)14-11-6-4-3-5-7-11/h10-12,16H,3-9H2,1-2H3,(H2,14,15,17). The Morgan fingerprint density at radius 2 is 1.94 bits per heavy atom. The van der Waals surface area contributed by atoms with E-state index < -0.39 is 0 Å².